The summed E-state index contributed by atoms with van der Waals surface area (Å²) in [5.74, 6) is 0.559. The van der Waals surface area contributed by atoms with Crippen molar-refractivity contribution in [3.05, 3.63) is 22.2 Å². The molecule has 1 aliphatic carbocycles. The Hall–Kier alpha value is -1.85. The maximum Gasteiger partial charge on any atom is 0.311 e. The standard InChI is InChI=1S/C10H14N4O2/c1-10(5-2-6-10)13-8-4-3-7(14(15)16)9(11)12-8/h3-4H,2,5-6H2,1H3,(H3,11,12,13). The van der Waals surface area contributed by atoms with Crippen LogP contribution in [0.15, 0.2) is 12.1 Å². The lowest BCUT2D eigenvalue weighted by atomic mass is 9.78. The first-order valence-electron chi connectivity index (χ1n) is 5.19. The molecule has 2 rings (SSSR count). The summed E-state index contributed by atoms with van der Waals surface area (Å²) < 4.78 is 0. The molecule has 0 radical (unpaired) electrons. The van der Waals surface area contributed by atoms with Crippen LogP contribution in [0.3, 0.4) is 0 Å². The molecule has 6 nitrogen and oxygen atoms in total. The summed E-state index contributed by atoms with van der Waals surface area (Å²) in [6.07, 6.45) is 3.38. The average molecular weight is 222 g/mol. The highest BCUT2D eigenvalue weighted by molar-refractivity contribution is 5.57. The Kier molecular flexibility index (Phi) is 2.41. The van der Waals surface area contributed by atoms with E-state index in [1.54, 1.807) is 6.07 Å². The summed E-state index contributed by atoms with van der Waals surface area (Å²) in [4.78, 5) is 14.0. The van der Waals surface area contributed by atoms with E-state index in [2.05, 4.69) is 17.2 Å². The Morgan fingerprint density at radius 3 is 2.69 bits per heavy atom. The van der Waals surface area contributed by atoms with Gasteiger partial charge >= 0.3 is 5.69 Å². The van der Waals surface area contributed by atoms with E-state index in [0.29, 0.717) is 5.82 Å². The van der Waals surface area contributed by atoms with Crippen molar-refractivity contribution in [3.63, 3.8) is 0 Å². The minimum atomic E-state index is -0.531. The molecule has 0 aliphatic heterocycles. The lowest BCUT2D eigenvalue weighted by Gasteiger charge is -2.39. The van der Waals surface area contributed by atoms with Gasteiger partial charge in [0.25, 0.3) is 0 Å². The zero-order valence-electron chi connectivity index (χ0n) is 9.06. The zero-order valence-corrected chi connectivity index (χ0v) is 9.06. The van der Waals surface area contributed by atoms with Crippen LogP contribution >= 0.6 is 0 Å². The Balaban J connectivity index is 2.18. The highest BCUT2D eigenvalue weighted by Crippen LogP contribution is 2.34. The topological polar surface area (TPSA) is 94.1 Å². The number of hydrogen-bond donors (Lipinski definition) is 2. The molecule has 3 N–H and O–H groups in total. The molecule has 1 fully saturated rings. The van der Waals surface area contributed by atoms with Gasteiger partial charge in [0.2, 0.25) is 5.82 Å². The number of pyridine rings is 1. The second-order valence-electron chi connectivity index (χ2n) is 4.40. The third kappa shape index (κ3) is 1.91. The Morgan fingerprint density at radius 2 is 2.25 bits per heavy atom. The number of nitrogens with two attached hydrogens (primary N) is 1. The van der Waals surface area contributed by atoms with E-state index in [9.17, 15) is 10.1 Å². The zero-order chi connectivity index (χ0) is 11.8. The number of hydrogen-bond acceptors (Lipinski definition) is 5. The first-order valence-corrected chi connectivity index (χ1v) is 5.19. The van der Waals surface area contributed by atoms with Crippen LogP contribution in [0, 0.1) is 10.1 Å². The van der Waals surface area contributed by atoms with Crippen molar-refractivity contribution in [3.8, 4) is 0 Å². The summed E-state index contributed by atoms with van der Waals surface area (Å²) in [7, 11) is 0. The van der Waals surface area contributed by atoms with Crippen LogP contribution in [0.25, 0.3) is 0 Å². The molecule has 0 bridgehead atoms. The fraction of sp³-hybridized carbons (Fsp3) is 0.500. The molecule has 86 valence electrons. The maximum atomic E-state index is 10.6. The van der Waals surface area contributed by atoms with Crippen molar-refractivity contribution >= 4 is 17.3 Å². The number of nitrogens with one attached hydrogen (secondary N) is 1. The van der Waals surface area contributed by atoms with E-state index in [1.807, 2.05) is 0 Å². The monoisotopic (exact) mass is 222 g/mol. The van der Waals surface area contributed by atoms with Crippen molar-refractivity contribution < 1.29 is 4.92 Å². The van der Waals surface area contributed by atoms with Gasteiger partial charge in [-0.3, -0.25) is 10.1 Å². The van der Waals surface area contributed by atoms with Gasteiger partial charge in [-0.05, 0) is 32.3 Å². The first kappa shape index (κ1) is 10.7. The van der Waals surface area contributed by atoms with Crippen LogP contribution < -0.4 is 11.1 Å². The first-order chi connectivity index (χ1) is 7.50. The maximum absolute atomic E-state index is 10.6. The second-order valence-corrected chi connectivity index (χ2v) is 4.40. The van der Waals surface area contributed by atoms with Crippen molar-refractivity contribution in [2.24, 2.45) is 0 Å². The van der Waals surface area contributed by atoms with Crippen molar-refractivity contribution in [2.45, 2.75) is 31.7 Å². The van der Waals surface area contributed by atoms with Gasteiger partial charge in [0, 0.05) is 11.6 Å². The van der Waals surface area contributed by atoms with Crippen LogP contribution in [0.5, 0.6) is 0 Å². The lowest BCUT2D eigenvalue weighted by molar-refractivity contribution is -0.384. The largest absolute Gasteiger partial charge is 0.378 e. The highest BCUT2D eigenvalue weighted by Gasteiger charge is 2.32. The third-order valence-corrected chi connectivity index (χ3v) is 2.99. The van der Waals surface area contributed by atoms with E-state index in [4.69, 9.17) is 5.73 Å². The third-order valence-electron chi connectivity index (χ3n) is 2.99. The number of rotatable bonds is 3. The molecule has 0 amide bonds. The van der Waals surface area contributed by atoms with E-state index in [1.165, 1.54) is 12.5 Å². The van der Waals surface area contributed by atoms with Crippen molar-refractivity contribution in [1.82, 2.24) is 4.98 Å². The van der Waals surface area contributed by atoms with E-state index in [0.717, 1.165) is 12.8 Å². The van der Waals surface area contributed by atoms with Crippen molar-refractivity contribution in [1.29, 1.82) is 0 Å². The molecule has 16 heavy (non-hydrogen) atoms. The fourth-order valence-electron chi connectivity index (χ4n) is 1.83. The van der Waals surface area contributed by atoms with Gasteiger partial charge in [-0.25, -0.2) is 4.98 Å². The number of nitro groups is 1. The SMILES string of the molecule is CC1(Nc2ccc([N+](=O)[O-])c(N)n2)CCC1. The van der Waals surface area contributed by atoms with Crippen LogP contribution in [0.1, 0.15) is 26.2 Å². The van der Waals surface area contributed by atoms with Crippen LogP contribution in [0.2, 0.25) is 0 Å². The molecular formula is C10H14N4O2. The Labute approximate surface area is 93.0 Å². The fourth-order valence-corrected chi connectivity index (χ4v) is 1.83. The molecule has 6 heteroatoms. The van der Waals surface area contributed by atoms with Gasteiger partial charge in [-0.15, -0.1) is 0 Å². The summed E-state index contributed by atoms with van der Waals surface area (Å²) in [5, 5.41) is 13.8. The van der Waals surface area contributed by atoms with E-state index >= 15 is 0 Å². The molecule has 0 unspecified atom stereocenters. The van der Waals surface area contributed by atoms with Crippen LogP contribution in [-0.2, 0) is 0 Å². The molecule has 1 aromatic heterocycles. The van der Waals surface area contributed by atoms with Gasteiger partial charge in [0.1, 0.15) is 5.82 Å². The number of nitrogen functional groups attached to an aromatic ring is 1. The van der Waals surface area contributed by atoms with E-state index < -0.39 is 4.92 Å². The predicted octanol–water partition coefficient (Wildman–Crippen LogP) is 1.93. The summed E-state index contributed by atoms with van der Waals surface area (Å²) in [6.45, 7) is 2.11. The molecule has 1 aromatic rings. The van der Waals surface area contributed by atoms with E-state index in [-0.39, 0.29) is 17.0 Å². The molecular weight excluding hydrogens is 208 g/mol. The van der Waals surface area contributed by atoms with Gasteiger partial charge in [-0.2, -0.15) is 0 Å². The molecule has 1 saturated carbocycles. The summed E-state index contributed by atoms with van der Waals surface area (Å²) >= 11 is 0. The number of anilines is 2. The number of aromatic nitrogens is 1. The Morgan fingerprint density at radius 1 is 1.56 bits per heavy atom. The lowest BCUT2D eigenvalue weighted by Crippen LogP contribution is -2.41. The molecule has 0 atom stereocenters. The van der Waals surface area contributed by atoms with Crippen molar-refractivity contribution in [2.75, 3.05) is 11.1 Å². The van der Waals surface area contributed by atoms with Gasteiger partial charge in [-0.1, -0.05) is 0 Å². The minimum absolute atomic E-state index is 0.0436. The second kappa shape index (κ2) is 3.62. The highest BCUT2D eigenvalue weighted by atomic mass is 16.6. The van der Waals surface area contributed by atoms with Gasteiger partial charge < -0.3 is 11.1 Å². The molecule has 0 saturated heterocycles. The molecule has 0 spiro atoms. The summed E-state index contributed by atoms with van der Waals surface area (Å²) in [6, 6.07) is 2.98. The molecule has 1 heterocycles. The molecule has 1 aliphatic rings. The quantitative estimate of drug-likeness (QED) is 0.602. The normalized spacial score (nSPS) is 17.6. The average Bonchev–Trinajstić information content (AvgIpc) is 2.14. The van der Waals surface area contributed by atoms with Gasteiger partial charge in [0.05, 0.1) is 4.92 Å². The number of nitrogens with zero attached hydrogens (tertiary/aromatic N) is 2. The minimum Gasteiger partial charge on any atom is -0.378 e. The Bertz CT molecular complexity index is 429. The van der Waals surface area contributed by atoms with Crippen LogP contribution in [-0.4, -0.2) is 15.4 Å². The van der Waals surface area contributed by atoms with Gasteiger partial charge in [0.15, 0.2) is 0 Å². The molecule has 0 aromatic carbocycles. The smallest absolute Gasteiger partial charge is 0.311 e. The predicted molar refractivity (Wildman–Crippen MR) is 61.2 cm³/mol. The summed E-state index contributed by atoms with van der Waals surface area (Å²) in [5.41, 5.74) is 5.42. The van der Waals surface area contributed by atoms with Crippen LogP contribution in [0.4, 0.5) is 17.3 Å².